The van der Waals surface area contributed by atoms with Crippen molar-refractivity contribution < 1.29 is 8.42 Å². The van der Waals surface area contributed by atoms with Gasteiger partial charge in [-0.05, 0) is 12.2 Å². The molecule has 0 aromatic heterocycles. The van der Waals surface area contributed by atoms with Gasteiger partial charge in [-0.25, -0.2) is 13.6 Å². The molecule has 1 heterocycles. The number of hydrazone groups is 1. The van der Waals surface area contributed by atoms with Gasteiger partial charge < -0.3 is 0 Å². The maximum absolute atomic E-state index is 10.7. The van der Waals surface area contributed by atoms with Crippen LogP contribution in [0.2, 0.25) is 0 Å². The average molecular weight is 173 g/mol. The van der Waals surface area contributed by atoms with Gasteiger partial charge in [-0.15, -0.1) is 0 Å². The second kappa shape index (κ2) is 2.85. The predicted octanol–water partition coefficient (Wildman–Crippen LogP) is -0.738. The minimum Gasteiger partial charge on any atom is -0.286 e. The summed E-state index contributed by atoms with van der Waals surface area (Å²) in [5.74, 6) is 0. The van der Waals surface area contributed by atoms with E-state index in [1.54, 1.807) is 0 Å². The van der Waals surface area contributed by atoms with Crippen LogP contribution >= 0.6 is 0 Å². The van der Waals surface area contributed by atoms with Gasteiger partial charge in [-0.3, -0.25) is 5.43 Å². The fourth-order valence-corrected chi connectivity index (χ4v) is 1.07. The Labute approximate surface area is 64.3 Å². The van der Waals surface area contributed by atoms with Crippen molar-refractivity contribution in [2.45, 2.75) is 0 Å². The average Bonchev–Trinajstić information content (AvgIpc) is 2.10. The van der Waals surface area contributed by atoms with Crippen molar-refractivity contribution in [3.8, 4) is 0 Å². The molecule has 0 saturated carbocycles. The largest absolute Gasteiger partial charge is 0.286 e. The van der Waals surface area contributed by atoms with Crippen LogP contribution in [0.3, 0.4) is 0 Å². The van der Waals surface area contributed by atoms with E-state index in [1.165, 1.54) is 24.6 Å². The molecule has 0 aromatic carbocycles. The Morgan fingerprint density at radius 1 is 1.55 bits per heavy atom. The molecule has 60 valence electrons. The molecule has 0 saturated heterocycles. The van der Waals surface area contributed by atoms with E-state index in [2.05, 4.69) is 10.5 Å². The van der Waals surface area contributed by atoms with Gasteiger partial charge in [-0.1, -0.05) is 0 Å². The van der Waals surface area contributed by atoms with Crippen LogP contribution in [0.25, 0.3) is 0 Å². The first-order valence-electron chi connectivity index (χ1n) is 2.79. The topological polar surface area (TPSA) is 84.6 Å². The van der Waals surface area contributed by atoms with Crippen LogP contribution < -0.4 is 10.6 Å². The molecule has 0 bridgehead atoms. The molecule has 0 radical (unpaired) electrons. The lowest BCUT2D eigenvalue weighted by Gasteiger charge is -1.93. The Morgan fingerprint density at radius 3 is 2.91 bits per heavy atom. The van der Waals surface area contributed by atoms with Crippen molar-refractivity contribution in [1.82, 2.24) is 5.43 Å². The van der Waals surface area contributed by atoms with E-state index < -0.39 is 10.0 Å². The van der Waals surface area contributed by atoms with E-state index in [0.29, 0.717) is 0 Å². The first-order chi connectivity index (χ1) is 5.11. The summed E-state index contributed by atoms with van der Waals surface area (Å²) in [6.07, 6.45) is 5.35. The van der Waals surface area contributed by atoms with Crippen LogP contribution in [0.15, 0.2) is 28.4 Å². The standard InChI is InChI=1S/C5H7N3O2S/c6-11(9,10)5-1-3-7-8-4-2-5/h1-4,7H,(H2,6,9,10). The van der Waals surface area contributed by atoms with Gasteiger partial charge in [0.2, 0.25) is 10.0 Å². The lowest BCUT2D eigenvalue weighted by Crippen LogP contribution is -2.13. The van der Waals surface area contributed by atoms with Crippen LogP contribution in [0.1, 0.15) is 0 Å². The molecule has 11 heavy (non-hydrogen) atoms. The summed E-state index contributed by atoms with van der Waals surface area (Å²) in [6.45, 7) is 0. The van der Waals surface area contributed by atoms with E-state index in [0.717, 1.165) is 0 Å². The molecule has 0 amide bonds. The normalized spacial score (nSPS) is 17.0. The van der Waals surface area contributed by atoms with E-state index in [1.807, 2.05) is 0 Å². The summed E-state index contributed by atoms with van der Waals surface area (Å²) in [4.78, 5) is 0.0336. The number of nitrogens with one attached hydrogen (secondary N) is 1. The highest BCUT2D eigenvalue weighted by molar-refractivity contribution is 7.93. The summed E-state index contributed by atoms with van der Waals surface area (Å²) in [5.41, 5.74) is 2.47. The van der Waals surface area contributed by atoms with Crippen molar-refractivity contribution in [1.29, 1.82) is 0 Å². The molecule has 1 rings (SSSR count). The third-order valence-electron chi connectivity index (χ3n) is 1.04. The van der Waals surface area contributed by atoms with Gasteiger partial charge in [0.25, 0.3) is 0 Å². The Bertz CT molecular complexity index is 326. The van der Waals surface area contributed by atoms with E-state index in [4.69, 9.17) is 5.14 Å². The summed E-state index contributed by atoms with van der Waals surface area (Å²) in [5, 5.41) is 8.42. The van der Waals surface area contributed by atoms with Crippen molar-refractivity contribution in [3.63, 3.8) is 0 Å². The number of hydrogen-bond donors (Lipinski definition) is 2. The summed E-state index contributed by atoms with van der Waals surface area (Å²) < 4.78 is 21.4. The molecule has 6 heteroatoms. The maximum Gasteiger partial charge on any atom is 0.238 e. The molecular formula is C5H7N3O2S. The van der Waals surface area contributed by atoms with Crippen LogP contribution in [0.4, 0.5) is 0 Å². The van der Waals surface area contributed by atoms with Gasteiger partial charge in [0.1, 0.15) is 0 Å². The smallest absolute Gasteiger partial charge is 0.238 e. The van der Waals surface area contributed by atoms with E-state index in [9.17, 15) is 8.42 Å². The number of nitrogens with two attached hydrogens (primary N) is 1. The molecular weight excluding hydrogens is 166 g/mol. The van der Waals surface area contributed by atoms with Gasteiger partial charge >= 0.3 is 0 Å². The van der Waals surface area contributed by atoms with Crippen LogP contribution in [0.5, 0.6) is 0 Å². The van der Waals surface area contributed by atoms with Gasteiger partial charge in [0.15, 0.2) is 0 Å². The predicted molar refractivity (Wildman–Crippen MR) is 42.0 cm³/mol. The molecule has 3 N–H and O–H groups in total. The maximum atomic E-state index is 10.7. The van der Waals surface area contributed by atoms with Crippen molar-refractivity contribution >= 4 is 16.2 Å². The van der Waals surface area contributed by atoms with Gasteiger partial charge in [-0.2, -0.15) is 5.10 Å². The molecule has 1 aliphatic heterocycles. The Morgan fingerprint density at radius 2 is 2.27 bits per heavy atom. The minimum atomic E-state index is -3.61. The first-order valence-corrected chi connectivity index (χ1v) is 4.33. The minimum absolute atomic E-state index is 0.0336. The van der Waals surface area contributed by atoms with E-state index >= 15 is 0 Å². The summed E-state index contributed by atoms with van der Waals surface area (Å²) >= 11 is 0. The Hall–Kier alpha value is -1.14. The molecule has 0 atom stereocenters. The lowest BCUT2D eigenvalue weighted by molar-refractivity contribution is 0.604. The Balaban J connectivity index is 3.05. The monoisotopic (exact) mass is 173 g/mol. The number of rotatable bonds is 1. The molecule has 0 aliphatic carbocycles. The number of primary sulfonamides is 1. The highest BCUT2D eigenvalue weighted by Gasteiger charge is 2.07. The second-order valence-corrected chi connectivity index (χ2v) is 3.42. The van der Waals surface area contributed by atoms with E-state index in [-0.39, 0.29) is 4.91 Å². The third kappa shape index (κ3) is 2.17. The van der Waals surface area contributed by atoms with Crippen molar-refractivity contribution in [3.05, 3.63) is 23.3 Å². The zero-order valence-electron chi connectivity index (χ0n) is 5.56. The fraction of sp³-hybridized carbons (Fsp3) is 0. The number of nitrogens with zero attached hydrogens (tertiary/aromatic N) is 1. The SMILES string of the molecule is NS(=O)(=O)C1=CC=NNC=C1. The zero-order valence-corrected chi connectivity index (χ0v) is 6.38. The quantitative estimate of drug-likeness (QED) is 0.547. The molecule has 0 aromatic rings. The van der Waals surface area contributed by atoms with Crippen LogP contribution in [0, 0.1) is 0 Å². The van der Waals surface area contributed by atoms with Gasteiger partial charge in [0, 0.05) is 12.4 Å². The first kappa shape index (κ1) is 7.96. The molecule has 0 unspecified atom stereocenters. The van der Waals surface area contributed by atoms with Crippen molar-refractivity contribution in [2.75, 3.05) is 0 Å². The summed E-state index contributed by atoms with van der Waals surface area (Å²) in [7, 11) is -3.61. The number of hydrogen-bond acceptors (Lipinski definition) is 4. The highest BCUT2D eigenvalue weighted by atomic mass is 32.2. The molecule has 1 aliphatic rings. The van der Waals surface area contributed by atoms with Crippen LogP contribution in [-0.2, 0) is 10.0 Å². The molecule has 0 fully saturated rings. The number of allylic oxidation sites excluding steroid dienone is 2. The zero-order chi connectivity index (χ0) is 8.32. The molecule has 0 spiro atoms. The number of sulfonamides is 1. The second-order valence-electron chi connectivity index (χ2n) is 1.85. The van der Waals surface area contributed by atoms with Crippen LogP contribution in [-0.4, -0.2) is 14.6 Å². The molecule has 5 nitrogen and oxygen atoms in total. The van der Waals surface area contributed by atoms with Crippen molar-refractivity contribution in [2.24, 2.45) is 10.2 Å². The highest BCUT2D eigenvalue weighted by Crippen LogP contribution is 2.02. The third-order valence-corrected chi connectivity index (χ3v) is 1.97. The Kier molecular flexibility index (Phi) is 2.06. The summed E-state index contributed by atoms with van der Waals surface area (Å²) in [6, 6.07) is 0. The fourth-order valence-electron chi connectivity index (χ4n) is 0.561. The lowest BCUT2D eigenvalue weighted by atomic mass is 10.5. The van der Waals surface area contributed by atoms with Gasteiger partial charge in [0.05, 0.1) is 4.91 Å².